The Bertz CT molecular complexity index is 1080. The lowest BCUT2D eigenvalue weighted by molar-refractivity contribution is -0.186. The molecule has 0 radical (unpaired) electrons. The van der Waals surface area contributed by atoms with Gasteiger partial charge in [-0.2, -0.15) is 5.10 Å². The van der Waals surface area contributed by atoms with Gasteiger partial charge < -0.3 is 28.6 Å². The van der Waals surface area contributed by atoms with Gasteiger partial charge in [-0.3, -0.25) is 0 Å². The molecule has 2 aromatic rings. The topological polar surface area (TPSA) is 109 Å². The summed E-state index contributed by atoms with van der Waals surface area (Å²) in [5, 5.41) is 4.40. The van der Waals surface area contributed by atoms with Crippen LogP contribution in [-0.4, -0.2) is 82.4 Å². The molecule has 3 fully saturated rings. The summed E-state index contributed by atoms with van der Waals surface area (Å²) in [6.45, 7) is 5.52. The maximum absolute atomic E-state index is 11.8. The van der Waals surface area contributed by atoms with E-state index < -0.39 is 41.5 Å². The molecule has 0 bridgehead atoms. The van der Waals surface area contributed by atoms with Crippen molar-refractivity contribution >= 4 is 23.8 Å². The minimum atomic E-state index is -0.932. The van der Waals surface area contributed by atoms with E-state index in [0.29, 0.717) is 5.82 Å². The maximum atomic E-state index is 11.8. The van der Waals surface area contributed by atoms with Gasteiger partial charge >= 0.3 is 6.16 Å². The van der Waals surface area contributed by atoms with Gasteiger partial charge in [-0.15, -0.1) is 0 Å². The molecule has 1 spiro atoms. The normalized spacial score (nSPS) is 35.2. The highest BCUT2D eigenvalue weighted by molar-refractivity contribution is 5.71. The molecule has 5 atom stereocenters. The molecule has 11 nitrogen and oxygen atoms in total. The van der Waals surface area contributed by atoms with Gasteiger partial charge in [0.2, 0.25) is 0 Å². The number of rotatable bonds is 4. The van der Waals surface area contributed by atoms with Gasteiger partial charge in [0.15, 0.2) is 23.3 Å². The third-order valence-electron chi connectivity index (χ3n) is 6.02. The van der Waals surface area contributed by atoms with Crippen LogP contribution in [-0.2, 0) is 23.7 Å². The fourth-order valence-electron chi connectivity index (χ4n) is 4.77. The summed E-state index contributed by atoms with van der Waals surface area (Å²) in [5.74, 6) is -0.333. The van der Waals surface area contributed by atoms with E-state index >= 15 is 0 Å². The number of fused-ring (bicyclic) bond motifs is 1. The number of hydrogen-bond acceptors (Lipinski definition) is 9. The number of carbonyl (C=O) groups excluding carboxylic acids is 1. The van der Waals surface area contributed by atoms with Crippen molar-refractivity contribution in [3.63, 3.8) is 0 Å². The highest BCUT2D eigenvalue weighted by atomic mass is 16.8. The molecule has 2 saturated heterocycles. The van der Waals surface area contributed by atoms with Crippen LogP contribution in [0.3, 0.4) is 0 Å². The van der Waals surface area contributed by atoms with Gasteiger partial charge in [0.1, 0.15) is 29.7 Å². The Kier molecular flexibility index (Phi) is 4.15. The molecule has 2 aliphatic heterocycles. The summed E-state index contributed by atoms with van der Waals surface area (Å²) >= 11 is 0. The first kappa shape index (κ1) is 20.2. The van der Waals surface area contributed by atoms with Gasteiger partial charge in [-0.05, 0) is 32.9 Å². The smallest absolute Gasteiger partial charge is 0.438 e. The van der Waals surface area contributed by atoms with E-state index in [9.17, 15) is 4.79 Å². The van der Waals surface area contributed by atoms with Crippen LogP contribution in [0.15, 0.2) is 23.5 Å². The second kappa shape index (κ2) is 6.38. The first-order valence-corrected chi connectivity index (χ1v) is 9.96. The fraction of sp³-hybridized carbons (Fsp3) is 0.600. The van der Waals surface area contributed by atoms with Crippen molar-refractivity contribution in [2.45, 2.75) is 56.1 Å². The van der Waals surface area contributed by atoms with Gasteiger partial charge in [0.25, 0.3) is 0 Å². The standard InChI is InChI=1S/C20H25N5O6/c1-18(2)30-14-13(29-19(3)16(20(14,19)31-18)28-17(26)27-6)11-7-8-12-15(22-10-24(4)5)21-9-23-25(11)12/h7-10,13-14,16H,1-6H3/b22-10-/t13-,14-,16?,19+,20+/m0/s1. The second-order valence-electron chi connectivity index (χ2n) is 8.78. The highest BCUT2D eigenvalue weighted by Gasteiger charge is 2.92. The van der Waals surface area contributed by atoms with Crippen LogP contribution < -0.4 is 0 Å². The molecule has 1 unspecified atom stereocenters. The lowest BCUT2D eigenvalue weighted by atomic mass is 10.0. The molecule has 4 heterocycles. The molecule has 3 aliphatic rings. The number of carbonyl (C=O) groups is 1. The molecular weight excluding hydrogens is 406 g/mol. The van der Waals surface area contributed by atoms with E-state index in [0.717, 1.165) is 11.2 Å². The van der Waals surface area contributed by atoms with Crippen molar-refractivity contribution in [3.8, 4) is 0 Å². The number of nitrogens with zero attached hydrogens (tertiary/aromatic N) is 5. The number of methoxy groups -OCH3 is 1. The van der Waals surface area contributed by atoms with Crippen LogP contribution in [0, 0.1) is 0 Å². The van der Waals surface area contributed by atoms with Gasteiger partial charge in [-0.1, -0.05) is 0 Å². The molecule has 31 heavy (non-hydrogen) atoms. The summed E-state index contributed by atoms with van der Waals surface area (Å²) in [4.78, 5) is 22.3. The minimum absolute atomic E-state index is 0.493. The summed E-state index contributed by atoms with van der Waals surface area (Å²) in [5.41, 5.74) is -0.305. The molecule has 2 aromatic heterocycles. The Morgan fingerprint density at radius 2 is 2.06 bits per heavy atom. The quantitative estimate of drug-likeness (QED) is 0.407. The largest absolute Gasteiger partial charge is 0.508 e. The predicted molar refractivity (Wildman–Crippen MR) is 107 cm³/mol. The van der Waals surface area contributed by atoms with E-state index in [4.69, 9.17) is 18.9 Å². The van der Waals surface area contributed by atoms with E-state index in [1.807, 2.05) is 51.9 Å². The minimum Gasteiger partial charge on any atom is -0.438 e. The Balaban J connectivity index is 1.53. The molecule has 11 heteroatoms. The third-order valence-corrected chi connectivity index (χ3v) is 6.02. The van der Waals surface area contributed by atoms with Gasteiger partial charge in [0.05, 0.1) is 19.1 Å². The Morgan fingerprint density at radius 3 is 2.77 bits per heavy atom. The van der Waals surface area contributed by atoms with Crippen LogP contribution in [0.5, 0.6) is 0 Å². The molecule has 1 aliphatic carbocycles. The van der Waals surface area contributed by atoms with Crippen LogP contribution in [0.1, 0.15) is 32.6 Å². The van der Waals surface area contributed by atoms with Gasteiger partial charge in [0, 0.05) is 14.1 Å². The Labute approximate surface area is 178 Å². The Morgan fingerprint density at radius 1 is 1.29 bits per heavy atom. The average molecular weight is 431 g/mol. The molecule has 5 rings (SSSR count). The van der Waals surface area contributed by atoms with E-state index in [1.54, 1.807) is 10.9 Å². The zero-order valence-electron chi connectivity index (χ0n) is 18.2. The highest BCUT2D eigenvalue weighted by Crippen LogP contribution is 2.71. The van der Waals surface area contributed by atoms with E-state index in [1.165, 1.54) is 13.4 Å². The molecule has 0 N–H and O–H groups in total. The molecular formula is C20H25N5O6. The number of ether oxygens (including phenoxy) is 5. The fourth-order valence-corrected chi connectivity index (χ4v) is 4.77. The van der Waals surface area contributed by atoms with Crippen molar-refractivity contribution in [1.82, 2.24) is 19.5 Å². The monoisotopic (exact) mass is 431 g/mol. The summed E-state index contributed by atoms with van der Waals surface area (Å²) in [6, 6.07) is 3.80. The van der Waals surface area contributed by atoms with Gasteiger partial charge in [-0.25, -0.2) is 19.3 Å². The first-order valence-electron chi connectivity index (χ1n) is 9.96. The van der Waals surface area contributed by atoms with Crippen LogP contribution in [0.25, 0.3) is 5.52 Å². The van der Waals surface area contributed by atoms with Crippen molar-refractivity contribution in [3.05, 3.63) is 24.2 Å². The van der Waals surface area contributed by atoms with Crippen LogP contribution in [0.4, 0.5) is 10.6 Å². The third kappa shape index (κ3) is 2.70. The predicted octanol–water partition coefficient (Wildman–Crippen LogP) is 1.84. The van der Waals surface area contributed by atoms with Crippen LogP contribution >= 0.6 is 0 Å². The van der Waals surface area contributed by atoms with Crippen molar-refractivity contribution in [1.29, 1.82) is 0 Å². The number of aliphatic imine (C=N–C) groups is 1. The number of hydrogen-bond donors (Lipinski definition) is 0. The zero-order valence-corrected chi connectivity index (χ0v) is 18.2. The maximum Gasteiger partial charge on any atom is 0.508 e. The second-order valence-corrected chi connectivity index (χ2v) is 8.78. The Hall–Kier alpha value is -2.76. The molecule has 1 saturated carbocycles. The average Bonchev–Trinajstić information content (AvgIpc) is 3.11. The SMILES string of the molecule is COC(=O)OC1[C@@]2(C)O[C@@H](c3ccc4c(/N=C\N(C)C)ncnn34)[C@@H]3OC(C)(C)O[C@@]132. The summed E-state index contributed by atoms with van der Waals surface area (Å²) < 4.78 is 30.8. The first-order chi connectivity index (χ1) is 14.6. The lowest BCUT2D eigenvalue weighted by Gasteiger charge is -2.24. The lowest BCUT2D eigenvalue weighted by Crippen LogP contribution is -2.34. The van der Waals surface area contributed by atoms with E-state index in [-0.39, 0.29) is 0 Å². The van der Waals surface area contributed by atoms with Crippen LogP contribution in [0.2, 0.25) is 0 Å². The van der Waals surface area contributed by atoms with Crippen molar-refractivity contribution in [2.75, 3.05) is 21.2 Å². The summed E-state index contributed by atoms with van der Waals surface area (Å²) in [7, 11) is 5.03. The summed E-state index contributed by atoms with van der Waals surface area (Å²) in [6.07, 6.45) is 0.696. The van der Waals surface area contributed by atoms with Crippen molar-refractivity contribution < 1.29 is 28.5 Å². The van der Waals surface area contributed by atoms with Crippen molar-refractivity contribution in [2.24, 2.45) is 4.99 Å². The molecule has 166 valence electrons. The van der Waals surface area contributed by atoms with E-state index in [2.05, 4.69) is 19.8 Å². The number of aromatic nitrogens is 3. The zero-order chi connectivity index (χ0) is 22.2. The molecule has 0 amide bonds. The molecule has 0 aromatic carbocycles.